The fourth-order valence-corrected chi connectivity index (χ4v) is 3.37. The van der Waals surface area contributed by atoms with Gasteiger partial charge in [0.25, 0.3) is 0 Å². The van der Waals surface area contributed by atoms with E-state index >= 15 is 0 Å². The predicted octanol–water partition coefficient (Wildman–Crippen LogP) is 2.23. The summed E-state index contributed by atoms with van der Waals surface area (Å²) in [4.78, 5) is 2.50. The van der Waals surface area contributed by atoms with Crippen LogP contribution in [0.4, 0.5) is 0 Å². The normalized spacial score (nSPS) is 27.8. The highest BCUT2D eigenvalue weighted by atomic mass is 35.5. The van der Waals surface area contributed by atoms with Crippen LogP contribution >= 0.6 is 23.8 Å². The molecule has 0 radical (unpaired) electrons. The number of rotatable bonds is 3. The maximum absolute atomic E-state index is 5.84. The van der Waals surface area contributed by atoms with Crippen LogP contribution in [0.1, 0.15) is 18.4 Å². The second-order valence-corrected chi connectivity index (χ2v) is 6.48. The van der Waals surface area contributed by atoms with Crippen molar-refractivity contribution in [1.29, 1.82) is 0 Å². The van der Waals surface area contributed by atoms with Crippen molar-refractivity contribution in [3.05, 3.63) is 34.9 Å². The highest BCUT2D eigenvalue weighted by Crippen LogP contribution is 2.27. The van der Waals surface area contributed by atoms with Crippen LogP contribution < -0.4 is 10.7 Å². The molecule has 3 heterocycles. The third-order valence-corrected chi connectivity index (χ3v) is 4.68. The first-order valence-corrected chi connectivity index (χ1v) is 8.07. The Morgan fingerprint density at radius 3 is 2.62 bits per heavy atom. The quantitative estimate of drug-likeness (QED) is 0.508. The van der Waals surface area contributed by atoms with Crippen molar-refractivity contribution in [2.75, 3.05) is 19.6 Å². The summed E-state index contributed by atoms with van der Waals surface area (Å²) in [6.45, 7) is 3.56. The first-order chi connectivity index (χ1) is 10.2. The minimum absolute atomic E-state index is 0.457. The summed E-state index contributed by atoms with van der Waals surface area (Å²) in [6.07, 6.45) is 4.28. The molecule has 1 aromatic carbocycles. The predicted molar refractivity (Wildman–Crippen MR) is 90.9 cm³/mol. The van der Waals surface area contributed by atoms with E-state index in [0.29, 0.717) is 11.2 Å². The van der Waals surface area contributed by atoms with Gasteiger partial charge in [-0.1, -0.05) is 23.7 Å². The summed E-state index contributed by atoms with van der Waals surface area (Å²) in [5.74, 6) is 0.745. The van der Waals surface area contributed by atoms with E-state index in [2.05, 4.69) is 20.7 Å². The van der Waals surface area contributed by atoms with Gasteiger partial charge in [-0.25, -0.2) is 0 Å². The lowest BCUT2D eigenvalue weighted by Crippen LogP contribution is -2.58. The largest absolute Gasteiger partial charge is 0.357 e. The number of nitrogens with one attached hydrogen (secondary N) is 2. The zero-order valence-electron chi connectivity index (χ0n) is 11.8. The molecule has 3 saturated heterocycles. The second kappa shape index (κ2) is 6.73. The highest BCUT2D eigenvalue weighted by molar-refractivity contribution is 7.80. The average molecular weight is 323 g/mol. The molecule has 0 amide bonds. The molecule has 1 unspecified atom stereocenters. The van der Waals surface area contributed by atoms with E-state index in [0.717, 1.165) is 23.0 Å². The lowest BCUT2D eigenvalue weighted by atomic mass is 9.84. The molecule has 0 spiro atoms. The lowest BCUT2D eigenvalue weighted by molar-refractivity contribution is 0.0812. The van der Waals surface area contributed by atoms with Crippen LogP contribution in [0.5, 0.6) is 0 Å². The summed E-state index contributed by atoms with van der Waals surface area (Å²) in [5, 5.41) is 8.87. The molecule has 4 nitrogen and oxygen atoms in total. The first kappa shape index (κ1) is 14.8. The van der Waals surface area contributed by atoms with Crippen molar-refractivity contribution in [1.82, 2.24) is 15.6 Å². The number of hydrogen-bond donors (Lipinski definition) is 2. The average Bonchev–Trinajstić information content (AvgIpc) is 2.50. The molecular formula is C15H19ClN4S. The highest BCUT2D eigenvalue weighted by Gasteiger charge is 2.34. The zero-order chi connectivity index (χ0) is 14.7. The molecule has 1 aromatic rings. The molecule has 3 aliphatic heterocycles. The SMILES string of the molecule is S=C(NN=Cc1ccc(Cl)cc1)NC1CN2CCC1CC2. The van der Waals surface area contributed by atoms with Gasteiger partial charge in [-0.15, -0.1) is 0 Å². The standard InChI is InChI=1S/C15H19ClN4S/c16-13-3-1-11(2-4-13)9-17-19-15(21)18-14-10-20-7-5-12(14)6-8-20/h1-4,9,12,14H,5-8,10H2,(H2,18,19,21). The van der Waals surface area contributed by atoms with Gasteiger partial charge in [0.1, 0.15) is 0 Å². The Morgan fingerprint density at radius 1 is 1.29 bits per heavy atom. The molecule has 6 heteroatoms. The van der Waals surface area contributed by atoms with Crippen LogP contribution in [-0.2, 0) is 0 Å². The molecule has 2 N–H and O–H groups in total. The minimum Gasteiger partial charge on any atom is -0.357 e. The van der Waals surface area contributed by atoms with E-state index in [1.165, 1.54) is 25.9 Å². The zero-order valence-corrected chi connectivity index (χ0v) is 13.3. The van der Waals surface area contributed by atoms with Crippen LogP contribution in [0, 0.1) is 5.92 Å². The molecular weight excluding hydrogens is 304 g/mol. The minimum atomic E-state index is 0.457. The van der Waals surface area contributed by atoms with Gasteiger partial charge < -0.3 is 10.2 Å². The maximum atomic E-state index is 5.84. The van der Waals surface area contributed by atoms with Crippen molar-refractivity contribution in [3.8, 4) is 0 Å². The number of hydrogen-bond acceptors (Lipinski definition) is 3. The van der Waals surface area contributed by atoms with Crippen molar-refractivity contribution in [2.24, 2.45) is 11.0 Å². The van der Waals surface area contributed by atoms with Crippen LogP contribution in [0.15, 0.2) is 29.4 Å². The van der Waals surface area contributed by atoms with Gasteiger partial charge in [-0.3, -0.25) is 5.43 Å². The third-order valence-electron chi connectivity index (χ3n) is 4.22. The van der Waals surface area contributed by atoms with Crippen molar-refractivity contribution >= 4 is 35.1 Å². The Bertz CT molecular complexity index is 523. The Morgan fingerprint density at radius 2 is 2.00 bits per heavy atom. The Balaban J connectivity index is 1.47. The summed E-state index contributed by atoms with van der Waals surface area (Å²) in [7, 11) is 0. The fourth-order valence-electron chi connectivity index (χ4n) is 3.04. The van der Waals surface area contributed by atoms with Crippen LogP contribution in [0.3, 0.4) is 0 Å². The number of nitrogens with zero attached hydrogens (tertiary/aromatic N) is 2. The Labute approximate surface area is 135 Å². The van der Waals surface area contributed by atoms with Crippen LogP contribution in [0.2, 0.25) is 5.02 Å². The summed E-state index contributed by atoms with van der Waals surface area (Å²) < 4.78 is 0. The molecule has 4 rings (SSSR count). The van der Waals surface area contributed by atoms with E-state index in [9.17, 15) is 0 Å². The molecule has 3 fully saturated rings. The van der Waals surface area contributed by atoms with Gasteiger partial charge in [0.05, 0.1) is 6.21 Å². The third kappa shape index (κ3) is 3.93. The van der Waals surface area contributed by atoms with Gasteiger partial charge in [-0.05, 0) is 61.8 Å². The first-order valence-electron chi connectivity index (χ1n) is 7.28. The summed E-state index contributed by atoms with van der Waals surface area (Å²) in [5.41, 5.74) is 3.87. The number of piperidine rings is 3. The van der Waals surface area contributed by atoms with E-state index in [4.69, 9.17) is 23.8 Å². The molecule has 0 aliphatic carbocycles. The second-order valence-electron chi connectivity index (χ2n) is 5.64. The summed E-state index contributed by atoms with van der Waals surface area (Å²) >= 11 is 11.2. The maximum Gasteiger partial charge on any atom is 0.187 e. The smallest absolute Gasteiger partial charge is 0.187 e. The number of benzene rings is 1. The Kier molecular flexibility index (Phi) is 4.73. The molecule has 3 aliphatic rings. The van der Waals surface area contributed by atoms with Crippen molar-refractivity contribution in [3.63, 3.8) is 0 Å². The van der Waals surface area contributed by atoms with Gasteiger partial charge in [0.2, 0.25) is 0 Å². The number of halogens is 1. The molecule has 112 valence electrons. The molecule has 0 aromatic heterocycles. The van der Waals surface area contributed by atoms with Crippen molar-refractivity contribution < 1.29 is 0 Å². The topological polar surface area (TPSA) is 39.7 Å². The number of fused-ring (bicyclic) bond motifs is 3. The summed E-state index contributed by atoms with van der Waals surface area (Å²) in [6, 6.07) is 7.96. The molecule has 1 atom stereocenters. The van der Waals surface area contributed by atoms with Gasteiger partial charge >= 0.3 is 0 Å². The lowest BCUT2D eigenvalue weighted by Gasteiger charge is -2.45. The number of thiocarbonyl (C=S) groups is 1. The monoisotopic (exact) mass is 322 g/mol. The molecule has 2 bridgehead atoms. The van der Waals surface area contributed by atoms with Gasteiger partial charge in [0.15, 0.2) is 5.11 Å². The number of hydrazone groups is 1. The van der Waals surface area contributed by atoms with E-state index in [-0.39, 0.29) is 0 Å². The molecule has 0 saturated carbocycles. The van der Waals surface area contributed by atoms with E-state index < -0.39 is 0 Å². The van der Waals surface area contributed by atoms with E-state index in [1.807, 2.05) is 24.3 Å². The van der Waals surface area contributed by atoms with Crippen molar-refractivity contribution in [2.45, 2.75) is 18.9 Å². The Hall–Kier alpha value is -1.17. The van der Waals surface area contributed by atoms with Crippen LogP contribution in [-0.4, -0.2) is 41.9 Å². The fraction of sp³-hybridized carbons (Fsp3) is 0.467. The van der Waals surface area contributed by atoms with Crippen LogP contribution in [0.25, 0.3) is 0 Å². The van der Waals surface area contributed by atoms with E-state index in [1.54, 1.807) is 6.21 Å². The molecule has 21 heavy (non-hydrogen) atoms. The van der Waals surface area contributed by atoms with Gasteiger partial charge in [-0.2, -0.15) is 5.10 Å². The van der Waals surface area contributed by atoms with Gasteiger partial charge in [0, 0.05) is 17.6 Å².